The summed E-state index contributed by atoms with van der Waals surface area (Å²) in [6, 6.07) is 13.4. The Morgan fingerprint density at radius 1 is 0.955 bits per heavy atom. The Morgan fingerprint density at radius 2 is 1.77 bits per heavy atom. The number of para-hydroxylation sites is 1. The van der Waals surface area contributed by atoms with Gasteiger partial charge in [0.2, 0.25) is 12.6 Å². The lowest BCUT2D eigenvalue weighted by Crippen LogP contribution is -2.14. The SMILES string of the molecule is O=C(c1ccc2c(c1)OCO2)c1cc2ccccc2oc1=O. The van der Waals surface area contributed by atoms with Crippen molar-refractivity contribution in [1.29, 1.82) is 0 Å². The number of hydrogen-bond acceptors (Lipinski definition) is 5. The summed E-state index contributed by atoms with van der Waals surface area (Å²) in [6.45, 7) is 0.130. The van der Waals surface area contributed by atoms with Crippen LogP contribution in [0.25, 0.3) is 11.0 Å². The normalized spacial score (nSPS) is 12.5. The van der Waals surface area contributed by atoms with Gasteiger partial charge in [-0.1, -0.05) is 18.2 Å². The van der Waals surface area contributed by atoms with Crippen molar-refractivity contribution >= 4 is 16.8 Å². The van der Waals surface area contributed by atoms with Crippen LogP contribution in [0, 0.1) is 0 Å². The van der Waals surface area contributed by atoms with E-state index in [9.17, 15) is 9.59 Å². The molecule has 0 atom stereocenters. The molecule has 1 aliphatic heterocycles. The fraction of sp³-hybridized carbons (Fsp3) is 0.0588. The Morgan fingerprint density at radius 3 is 2.68 bits per heavy atom. The van der Waals surface area contributed by atoms with Gasteiger partial charge in [-0.3, -0.25) is 4.79 Å². The number of benzene rings is 2. The molecule has 0 saturated heterocycles. The van der Waals surface area contributed by atoms with Crippen molar-refractivity contribution < 1.29 is 18.7 Å². The molecule has 5 heteroatoms. The van der Waals surface area contributed by atoms with Gasteiger partial charge in [0.05, 0.1) is 0 Å². The van der Waals surface area contributed by atoms with Crippen LogP contribution in [-0.4, -0.2) is 12.6 Å². The summed E-state index contributed by atoms with van der Waals surface area (Å²) in [6.07, 6.45) is 0. The summed E-state index contributed by atoms with van der Waals surface area (Å²) < 4.78 is 15.7. The molecule has 0 radical (unpaired) electrons. The highest BCUT2D eigenvalue weighted by atomic mass is 16.7. The van der Waals surface area contributed by atoms with Crippen molar-refractivity contribution in [3.8, 4) is 11.5 Å². The van der Waals surface area contributed by atoms with E-state index in [0.29, 0.717) is 28.0 Å². The van der Waals surface area contributed by atoms with Crippen molar-refractivity contribution in [1.82, 2.24) is 0 Å². The summed E-state index contributed by atoms with van der Waals surface area (Å²) in [5.74, 6) is 0.677. The van der Waals surface area contributed by atoms with Gasteiger partial charge in [-0.15, -0.1) is 0 Å². The van der Waals surface area contributed by atoms with E-state index in [1.165, 1.54) is 0 Å². The lowest BCUT2D eigenvalue weighted by atomic mass is 10.0. The van der Waals surface area contributed by atoms with E-state index in [1.807, 2.05) is 6.07 Å². The minimum absolute atomic E-state index is 0.00225. The van der Waals surface area contributed by atoms with E-state index in [2.05, 4.69) is 0 Å². The molecule has 3 aromatic rings. The lowest BCUT2D eigenvalue weighted by Gasteiger charge is -2.03. The van der Waals surface area contributed by atoms with Gasteiger partial charge in [0.15, 0.2) is 11.5 Å². The van der Waals surface area contributed by atoms with Crippen LogP contribution >= 0.6 is 0 Å². The zero-order valence-electron chi connectivity index (χ0n) is 11.4. The molecular formula is C17H10O5. The Bertz CT molecular complexity index is 955. The first kappa shape index (κ1) is 12.6. The average molecular weight is 294 g/mol. The molecule has 2 heterocycles. The monoisotopic (exact) mass is 294 g/mol. The molecule has 108 valence electrons. The Hall–Kier alpha value is -3.08. The zero-order valence-corrected chi connectivity index (χ0v) is 11.4. The number of ether oxygens (including phenoxy) is 2. The summed E-state index contributed by atoms with van der Waals surface area (Å²) in [5, 5.41) is 0.700. The fourth-order valence-electron chi connectivity index (χ4n) is 2.41. The highest BCUT2D eigenvalue weighted by Gasteiger charge is 2.20. The second-order valence-electron chi connectivity index (χ2n) is 4.88. The first-order valence-corrected chi connectivity index (χ1v) is 6.69. The molecule has 0 amide bonds. The molecule has 0 N–H and O–H groups in total. The van der Waals surface area contributed by atoms with E-state index in [-0.39, 0.29) is 12.4 Å². The Kier molecular flexibility index (Phi) is 2.72. The van der Waals surface area contributed by atoms with Crippen LogP contribution in [0.15, 0.2) is 57.7 Å². The molecule has 0 bridgehead atoms. The van der Waals surface area contributed by atoms with Gasteiger partial charge in [-0.25, -0.2) is 4.79 Å². The van der Waals surface area contributed by atoms with E-state index in [1.54, 1.807) is 42.5 Å². The molecule has 0 spiro atoms. The predicted molar refractivity (Wildman–Crippen MR) is 78.5 cm³/mol. The maximum atomic E-state index is 12.6. The lowest BCUT2D eigenvalue weighted by molar-refractivity contribution is 0.103. The summed E-state index contributed by atoms with van der Waals surface area (Å²) in [4.78, 5) is 24.6. The molecule has 22 heavy (non-hydrogen) atoms. The van der Waals surface area contributed by atoms with Crippen molar-refractivity contribution in [2.75, 3.05) is 6.79 Å². The molecule has 0 unspecified atom stereocenters. The number of carbonyl (C=O) groups is 1. The Labute approximate surface area is 124 Å². The van der Waals surface area contributed by atoms with Crippen LogP contribution in [-0.2, 0) is 0 Å². The van der Waals surface area contributed by atoms with Crippen LogP contribution < -0.4 is 15.1 Å². The van der Waals surface area contributed by atoms with Crippen molar-refractivity contribution in [3.05, 3.63) is 70.1 Å². The maximum Gasteiger partial charge on any atom is 0.347 e. The molecule has 1 aliphatic rings. The average Bonchev–Trinajstić information content (AvgIpc) is 3.01. The van der Waals surface area contributed by atoms with E-state index < -0.39 is 11.4 Å². The van der Waals surface area contributed by atoms with Crippen molar-refractivity contribution in [2.45, 2.75) is 0 Å². The highest BCUT2D eigenvalue weighted by molar-refractivity contribution is 6.10. The molecule has 2 aromatic carbocycles. The summed E-state index contributed by atoms with van der Waals surface area (Å²) in [5.41, 5.74) is 0.153. The quantitative estimate of drug-likeness (QED) is 0.537. The van der Waals surface area contributed by atoms with Gasteiger partial charge in [-0.2, -0.15) is 0 Å². The highest BCUT2D eigenvalue weighted by Crippen LogP contribution is 2.33. The molecule has 4 rings (SSSR count). The third-order valence-electron chi connectivity index (χ3n) is 3.52. The van der Waals surface area contributed by atoms with Gasteiger partial charge < -0.3 is 13.9 Å². The fourth-order valence-corrected chi connectivity index (χ4v) is 2.41. The first-order valence-electron chi connectivity index (χ1n) is 6.69. The number of carbonyl (C=O) groups excluding carboxylic acids is 1. The van der Waals surface area contributed by atoms with Gasteiger partial charge in [-0.05, 0) is 30.3 Å². The third-order valence-corrected chi connectivity index (χ3v) is 3.52. The molecule has 5 nitrogen and oxygen atoms in total. The minimum Gasteiger partial charge on any atom is -0.454 e. The molecule has 0 saturated carbocycles. The van der Waals surface area contributed by atoms with Crippen LogP contribution in [0.2, 0.25) is 0 Å². The third kappa shape index (κ3) is 1.95. The van der Waals surface area contributed by atoms with Crippen molar-refractivity contribution in [2.24, 2.45) is 0 Å². The molecule has 0 aliphatic carbocycles. The maximum absolute atomic E-state index is 12.6. The number of rotatable bonds is 2. The van der Waals surface area contributed by atoms with Gasteiger partial charge >= 0.3 is 5.63 Å². The summed E-state index contributed by atoms with van der Waals surface area (Å²) in [7, 11) is 0. The van der Waals surface area contributed by atoms with Gasteiger partial charge in [0.1, 0.15) is 11.1 Å². The number of ketones is 1. The largest absolute Gasteiger partial charge is 0.454 e. The molecule has 1 aromatic heterocycles. The minimum atomic E-state index is -0.652. The Balaban J connectivity index is 1.82. The molecular weight excluding hydrogens is 284 g/mol. The summed E-state index contributed by atoms with van der Waals surface area (Å²) >= 11 is 0. The first-order chi connectivity index (χ1) is 10.7. The second kappa shape index (κ2) is 4.73. The van der Waals surface area contributed by atoms with Crippen LogP contribution in [0.4, 0.5) is 0 Å². The van der Waals surface area contributed by atoms with Crippen molar-refractivity contribution in [3.63, 3.8) is 0 Å². The van der Waals surface area contributed by atoms with Crippen LogP contribution in [0.5, 0.6) is 11.5 Å². The van der Waals surface area contributed by atoms with Gasteiger partial charge in [0.25, 0.3) is 0 Å². The number of fused-ring (bicyclic) bond motifs is 2. The van der Waals surface area contributed by atoms with Gasteiger partial charge in [0, 0.05) is 10.9 Å². The van der Waals surface area contributed by atoms with E-state index >= 15 is 0 Å². The molecule has 0 fully saturated rings. The predicted octanol–water partition coefficient (Wildman–Crippen LogP) is 2.75. The number of hydrogen-bond donors (Lipinski definition) is 0. The smallest absolute Gasteiger partial charge is 0.347 e. The standard InChI is InChI=1S/C17H10O5/c18-16(11-5-6-14-15(8-11)21-9-20-14)12-7-10-3-1-2-4-13(10)22-17(12)19/h1-8H,9H2. The van der Waals surface area contributed by atoms with Crippen LogP contribution in [0.1, 0.15) is 15.9 Å². The second-order valence-corrected chi connectivity index (χ2v) is 4.88. The van der Waals surface area contributed by atoms with E-state index in [0.717, 1.165) is 0 Å². The zero-order chi connectivity index (χ0) is 15.1. The van der Waals surface area contributed by atoms with E-state index in [4.69, 9.17) is 13.9 Å². The van der Waals surface area contributed by atoms with Crippen LogP contribution in [0.3, 0.4) is 0 Å². The topological polar surface area (TPSA) is 65.7 Å².